The minimum atomic E-state index is -0.540. The van der Waals surface area contributed by atoms with E-state index in [4.69, 9.17) is 21.6 Å². The molecule has 0 aliphatic carbocycles. The first-order valence-electron chi connectivity index (χ1n) is 4.12. The van der Waals surface area contributed by atoms with E-state index in [1.54, 1.807) is 6.92 Å². The van der Waals surface area contributed by atoms with E-state index in [2.05, 4.69) is 6.58 Å². The van der Waals surface area contributed by atoms with Gasteiger partial charge < -0.3 is 4.74 Å². The van der Waals surface area contributed by atoms with E-state index in [-0.39, 0.29) is 16.3 Å². The Kier molecular flexibility index (Phi) is 3.48. The van der Waals surface area contributed by atoms with Crippen molar-refractivity contribution in [2.75, 3.05) is 0 Å². The number of hydrogen-bond acceptors (Lipinski definition) is 3. The number of esters is 1. The van der Waals surface area contributed by atoms with Gasteiger partial charge in [0.25, 0.3) is 0 Å². The van der Waals surface area contributed by atoms with E-state index in [0.717, 1.165) is 0 Å². The average Bonchev–Trinajstić information content (AvgIpc) is 2.20. The van der Waals surface area contributed by atoms with Crippen LogP contribution in [-0.4, -0.2) is 5.97 Å². The van der Waals surface area contributed by atoms with Crippen LogP contribution in [0.1, 0.15) is 12.5 Å². The van der Waals surface area contributed by atoms with Crippen molar-refractivity contribution in [3.63, 3.8) is 0 Å². The number of rotatable bonds is 2. The van der Waals surface area contributed by atoms with Crippen LogP contribution in [0.5, 0.6) is 5.75 Å². The van der Waals surface area contributed by atoms with Crippen LogP contribution in [0.3, 0.4) is 0 Å². The molecule has 0 spiro atoms. The maximum atomic E-state index is 11.2. The van der Waals surface area contributed by atoms with E-state index < -0.39 is 5.97 Å². The summed E-state index contributed by atoms with van der Waals surface area (Å²) in [6.45, 7) is 4.99. The molecule has 1 aromatic rings. The average molecular weight is 222 g/mol. The second-order valence-corrected chi connectivity index (χ2v) is 3.33. The number of halogens is 1. The lowest BCUT2D eigenvalue weighted by Crippen LogP contribution is -2.08. The Morgan fingerprint density at radius 1 is 1.60 bits per heavy atom. The smallest absolute Gasteiger partial charge is 0.338 e. The van der Waals surface area contributed by atoms with Gasteiger partial charge in [-0.1, -0.05) is 18.2 Å². The minimum Gasteiger partial charge on any atom is -0.422 e. The number of nitriles is 1. The van der Waals surface area contributed by atoms with Gasteiger partial charge in [0.1, 0.15) is 5.75 Å². The van der Waals surface area contributed by atoms with E-state index in [9.17, 15) is 4.79 Å². The van der Waals surface area contributed by atoms with E-state index in [1.165, 1.54) is 18.2 Å². The Morgan fingerprint density at radius 3 is 2.73 bits per heavy atom. The highest BCUT2D eigenvalue weighted by Crippen LogP contribution is 2.25. The number of nitrogens with zero attached hydrogens (tertiary/aromatic N) is 1. The van der Waals surface area contributed by atoms with Crippen molar-refractivity contribution in [1.82, 2.24) is 0 Å². The Morgan fingerprint density at radius 2 is 2.27 bits per heavy atom. The molecule has 0 saturated carbocycles. The Bertz CT molecular complexity index is 460. The van der Waals surface area contributed by atoms with E-state index >= 15 is 0 Å². The van der Waals surface area contributed by atoms with Gasteiger partial charge >= 0.3 is 5.97 Å². The molecule has 3 nitrogen and oxygen atoms in total. The minimum absolute atomic E-state index is 0.226. The third kappa shape index (κ3) is 2.83. The van der Waals surface area contributed by atoms with Crippen LogP contribution >= 0.6 is 11.6 Å². The zero-order chi connectivity index (χ0) is 11.4. The van der Waals surface area contributed by atoms with Crippen molar-refractivity contribution in [1.29, 1.82) is 5.26 Å². The number of carbonyl (C=O) groups excluding carboxylic acids is 1. The topological polar surface area (TPSA) is 50.1 Å². The van der Waals surface area contributed by atoms with Gasteiger partial charge in [-0.3, -0.25) is 0 Å². The van der Waals surface area contributed by atoms with Crippen molar-refractivity contribution >= 4 is 17.6 Å². The Balaban J connectivity index is 2.93. The molecule has 0 saturated heterocycles. The molecular formula is C11H8ClNO2. The summed E-state index contributed by atoms with van der Waals surface area (Å²) >= 11 is 5.80. The van der Waals surface area contributed by atoms with Crippen molar-refractivity contribution in [2.24, 2.45) is 0 Å². The van der Waals surface area contributed by atoms with Crippen LogP contribution in [0.15, 0.2) is 30.4 Å². The fourth-order valence-electron chi connectivity index (χ4n) is 0.840. The number of hydrogen-bond donors (Lipinski definition) is 0. The summed E-state index contributed by atoms with van der Waals surface area (Å²) in [5, 5.41) is 8.82. The predicted octanol–water partition coefficient (Wildman–Crippen LogP) is 2.69. The third-order valence-corrected chi connectivity index (χ3v) is 1.91. The van der Waals surface area contributed by atoms with Gasteiger partial charge in [-0.15, -0.1) is 0 Å². The van der Waals surface area contributed by atoms with Crippen molar-refractivity contribution in [3.05, 3.63) is 40.9 Å². The SMILES string of the molecule is C=C(C)C(=O)Oc1ccc(C#N)cc1Cl. The zero-order valence-corrected chi connectivity index (χ0v) is 8.84. The van der Waals surface area contributed by atoms with Gasteiger partial charge in [0, 0.05) is 5.57 Å². The first-order valence-corrected chi connectivity index (χ1v) is 4.49. The number of carbonyl (C=O) groups is 1. The second kappa shape index (κ2) is 4.63. The maximum absolute atomic E-state index is 11.2. The molecule has 0 N–H and O–H groups in total. The third-order valence-electron chi connectivity index (χ3n) is 1.61. The molecule has 0 heterocycles. The summed E-state index contributed by atoms with van der Waals surface area (Å²) in [5.41, 5.74) is 0.700. The molecule has 0 amide bonds. The first-order chi connectivity index (χ1) is 7.04. The summed E-state index contributed by atoms with van der Waals surface area (Å²) in [6, 6.07) is 6.36. The maximum Gasteiger partial charge on any atom is 0.338 e. The summed E-state index contributed by atoms with van der Waals surface area (Å²) in [4.78, 5) is 11.2. The largest absolute Gasteiger partial charge is 0.422 e. The molecule has 0 bridgehead atoms. The zero-order valence-electron chi connectivity index (χ0n) is 8.08. The molecule has 0 aliphatic heterocycles. The molecule has 76 valence electrons. The molecule has 0 aromatic heterocycles. The van der Waals surface area contributed by atoms with Crippen LogP contribution in [0.2, 0.25) is 5.02 Å². The summed E-state index contributed by atoms with van der Waals surface area (Å²) in [7, 11) is 0. The van der Waals surface area contributed by atoms with Crippen molar-refractivity contribution in [3.8, 4) is 11.8 Å². The first kappa shape index (κ1) is 11.3. The molecule has 0 unspecified atom stereocenters. The van der Waals surface area contributed by atoms with Gasteiger partial charge in [0.2, 0.25) is 0 Å². The van der Waals surface area contributed by atoms with Crippen LogP contribution in [0, 0.1) is 11.3 Å². The molecular weight excluding hydrogens is 214 g/mol. The van der Waals surface area contributed by atoms with Gasteiger partial charge in [-0.25, -0.2) is 4.79 Å². The van der Waals surface area contributed by atoms with E-state index in [0.29, 0.717) is 5.56 Å². The fraction of sp³-hybridized carbons (Fsp3) is 0.0909. The van der Waals surface area contributed by atoms with Crippen LogP contribution in [0.4, 0.5) is 0 Å². The molecule has 0 aliphatic rings. The lowest BCUT2D eigenvalue weighted by atomic mass is 10.2. The molecule has 1 aromatic carbocycles. The quantitative estimate of drug-likeness (QED) is 0.438. The lowest BCUT2D eigenvalue weighted by Gasteiger charge is -2.05. The number of ether oxygens (including phenoxy) is 1. The summed E-state index contributed by atoms with van der Waals surface area (Å²) in [5.74, 6) is -0.315. The highest BCUT2D eigenvalue weighted by molar-refractivity contribution is 6.32. The predicted molar refractivity (Wildman–Crippen MR) is 56.6 cm³/mol. The van der Waals surface area contributed by atoms with Gasteiger partial charge in [0.05, 0.1) is 16.7 Å². The molecule has 4 heteroatoms. The Hall–Kier alpha value is -1.79. The molecule has 15 heavy (non-hydrogen) atoms. The highest BCUT2D eigenvalue weighted by atomic mass is 35.5. The van der Waals surface area contributed by atoms with Gasteiger partial charge in [-0.05, 0) is 25.1 Å². The summed E-state index contributed by atoms with van der Waals surface area (Å²) < 4.78 is 4.93. The van der Waals surface area contributed by atoms with E-state index in [1.807, 2.05) is 6.07 Å². The fourth-order valence-corrected chi connectivity index (χ4v) is 1.06. The second-order valence-electron chi connectivity index (χ2n) is 2.93. The molecule has 1 rings (SSSR count). The van der Waals surface area contributed by atoms with Crippen LogP contribution in [-0.2, 0) is 4.79 Å². The molecule has 0 atom stereocenters. The van der Waals surface area contributed by atoms with Crippen LogP contribution in [0.25, 0.3) is 0 Å². The lowest BCUT2D eigenvalue weighted by molar-refractivity contribution is -0.130. The molecule has 0 fully saturated rings. The summed E-state index contributed by atoms with van der Waals surface area (Å²) in [6.07, 6.45) is 0. The van der Waals surface area contributed by atoms with Crippen molar-refractivity contribution < 1.29 is 9.53 Å². The highest BCUT2D eigenvalue weighted by Gasteiger charge is 2.09. The number of benzene rings is 1. The molecule has 0 radical (unpaired) electrons. The Labute approximate surface area is 92.5 Å². The van der Waals surface area contributed by atoms with Gasteiger partial charge in [0.15, 0.2) is 0 Å². The monoisotopic (exact) mass is 221 g/mol. The van der Waals surface area contributed by atoms with Crippen LogP contribution < -0.4 is 4.74 Å². The standard InChI is InChI=1S/C11H8ClNO2/c1-7(2)11(14)15-10-4-3-8(6-13)5-9(10)12/h3-5H,1H2,2H3. The van der Waals surface area contributed by atoms with Crippen molar-refractivity contribution in [2.45, 2.75) is 6.92 Å². The van der Waals surface area contributed by atoms with Gasteiger partial charge in [-0.2, -0.15) is 5.26 Å². The normalized spacial score (nSPS) is 9.13.